The van der Waals surface area contributed by atoms with Gasteiger partial charge in [-0.05, 0) is 40.9 Å². The molecule has 0 heterocycles. The molecule has 66 valence electrons. The highest BCUT2D eigenvalue weighted by Gasteiger charge is 2.13. The number of rotatable bonds is 0. The van der Waals surface area contributed by atoms with Gasteiger partial charge in [0.25, 0.3) is 0 Å². The summed E-state index contributed by atoms with van der Waals surface area (Å²) in [6, 6.07) is 0. The van der Waals surface area contributed by atoms with Gasteiger partial charge < -0.3 is 10.8 Å². The van der Waals surface area contributed by atoms with Gasteiger partial charge in [0.05, 0.1) is 10.2 Å². The third-order valence-corrected chi connectivity index (χ3v) is 4.01. The molecule has 0 bridgehead atoms. The molecule has 0 aliphatic heterocycles. The molecule has 3 N–H and O–H groups in total. The van der Waals surface area contributed by atoms with Gasteiger partial charge in [-0.1, -0.05) is 15.9 Å². The number of phenols is 1. The van der Waals surface area contributed by atoms with Crippen molar-refractivity contribution in [1.29, 1.82) is 0 Å². The fourth-order valence-electron chi connectivity index (χ4n) is 0.969. The Bertz CT molecular complexity index is 231. The van der Waals surface area contributed by atoms with Crippen LogP contribution in [0.15, 0.2) is 8.95 Å². The molecule has 0 aliphatic rings. The molecule has 0 saturated carbocycles. The second-order valence-corrected chi connectivity index (χ2v) is 4.23. The zero-order valence-electron chi connectivity index (χ0n) is 6.78. The maximum absolute atomic E-state index is 9.50. The quantitative estimate of drug-likeness (QED) is 0.570. The molecular formula is C8H9Br2NO. The maximum atomic E-state index is 9.50. The summed E-state index contributed by atoms with van der Waals surface area (Å²) in [6.07, 6.45) is 0. The minimum Gasteiger partial charge on any atom is -0.505 e. The standard InChI is InChI=1S/C8H9Br2NO/c1-3-5(9)4(2)7(11)8(12)6(3)10/h12H,11H2,1-2H3. The van der Waals surface area contributed by atoms with Crippen LogP contribution in [0.5, 0.6) is 5.75 Å². The first-order valence-corrected chi connectivity index (χ1v) is 4.98. The topological polar surface area (TPSA) is 46.2 Å². The zero-order valence-corrected chi connectivity index (χ0v) is 9.95. The van der Waals surface area contributed by atoms with Gasteiger partial charge in [-0.2, -0.15) is 0 Å². The van der Waals surface area contributed by atoms with Crippen molar-refractivity contribution in [3.05, 3.63) is 20.1 Å². The van der Waals surface area contributed by atoms with Crippen LogP contribution in [0.4, 0.5) is 5.69 Å². The molecule has 0 atom stereocenters. The van der Waals surface area contributed by atoms with E-state index in [2.05, 4.69) is 31.9 Å². The molecule has 4 heteroatoms. The molecule has 0 radical (unpaired) electrons. The normalized spacial score (nSPS) is 10.3. The monoisotopic (exact) mass is 293 g/mol. The number of anilines is 1. The Kier molecular flexibility index (Phi) is 2.68. The number of aromatic hydroxyl groups is 1. The average molecular weight is 295 g/mol. The number of benzene rings is 1. The van der Waals surface area contributed by atoms with Crippen molar-refractivity contribution in [3.63, 3.8) is 0 Å². The lowest BCUT2D eigenvalue weighted by Crippen LogP contribution is -1.94. The number of halogens is 2. The largest absolute Gasteiger partial charge is 0.505 e. The number of nitrogen functional groups attached to an aromatic ring is 1. The summed E-state index contributed by atoms with van der Waals surface area (Å²) in [6.45, 7) is 3.76. The van der Waals surface area contributed by atoms with Crippen LogP contribution < -0.4 is 5.73 Å². The second-order valence-electron chi connectivity index (χ2n) is 2.64. The first-order chi connectivity index (χ1) is 5.46. The Hall–Kier alpha value is -0.220. The van der Waals surface area contributed by atoms with Crippen LogP contribution in [0.2, 0.25) is 0 Å². The molecule has 0 spiro atoms. The number of nitrogens with two attached hydrogens (primary N) is 1. The lowest BCUT2D eigenvalue weighted by molar-refractivity contribution is 0.473. The van der Waals surface area contributed by atoms with Crippen LogP contribution in [0.25, 0.3) is 0 Å². The lowest BCUT2D eigenvalue weighted by Gasteiger charge is -2.11. The van der Waals surface area contributed by atoms with E-state index in [9.17, 15) is 5.11 Å². The van der Waals surface area contributed by atoms with Crippen molar-refractivity contribution in [1.82, 2.24) is 0 Å². The zero-order chi connectivity index (χ0) is 9.46. The Morgan fingerprint density at radius 1 is 1.08 bits per heavy atom. The van der Waals surface area contributed by atoms with Crippen LogP contribution in [0, 0.1) is 13.8 Å². The Morgan fingerprint density at radius 2 is 1.58 bits per heavy atom. The fraction of sp³-hybridized carbons (Fsp3) is 0.250. The van der Waals surface area contributed by atoms with Gasteiger partial charge in [0.1, 0.15) is 0 Å². The van der Waals surface area contributed by atoms with E-state index in [1.54, 1.807) is 0 Å². The van der Waals surface area contributed by atoms with E-state index in [1.807, 2.05) is 13.8 Å². The smallest absolute Gasteiger partial charge is 0.153 e. The minimum atomic E-state index is 0.119. The summed E-state index contributed by atoms with van der Waals surface area (Å²) >= 11 is 6.65. The molecule has 0 unspecified atom stereocenters. The molecule has 0 aliphatic carbocycles. The molecule has 1 aromatic rings. The van der Waals surface area contributed by atoms with Crippen molar-refractivity contribution < 1.29 is 5.11 Å². The van der Waals surface area contributed by atoms with Crippen molar-refractivity contribution in [3.8, 4) is 5.75 Å². The van der Waals surface area contributed by atoms with E-state index in [1.165, 1.54) is 0 Å². The van der Waals surface area contributed by atoms with Crippen LogP contribution in [0.3, 0.4) is 0 Å². The van der Waals surface area contributed by atoms with E-state index in [-0.39, 0.29) is 5.75 Å². The Labute approximate surface area is 88.0 Å². The molecular weight excluding hydrogens is 286 g/mol. The highest BCUT2D eigenvalue weighted by atomic mass is 79.9. The SMILES string of the molecule is Cc1c(N)c(O)c(Br)c(C)c1Br. The van der Waals surface area contributed by atoms with Crippen molar-refractivity contribution in [2.75, 3.05) is 5.73 Å². The molecule has 2 nitrogen and oxygen atoms in total. The van der Waals surface area contributed by atoms with Gasteiger partial charge >= 0.3 is 0 Å². The Balaban J connectivity index is 3.60. The van der Waals surface area contributed by atoms with Crippen LogP contribution in [-0.2, 0) is 0 Å². The summed E-state index contributed by atoms with van der Waals surface area (Å²) in [7, 11) is 0. The first-order valence-electron chi connectivity index (χ1n) is 3.39. The third-order valence-electron chi connectivity index (χ3n) is 1.85. The highest BCUT2D eigenvalue weighted by Crippen LogP contribution is 2.40. The van der Waals surface area contributed by atoms with Gasteiger partial charge in [0.2, 0.25) is 0 Å². The number of hydrogen-bond donors (Lipinski definition) is 2. The summed E-state index contributed by atoms with van der Waals surface area (Å²) in [5.74, 6) is 0.119. The molecule has 1 aromatic carbocycles. The van der Waals surface area contributed by atoms with E-state index >= 15 is 0 Å². The summed E-state index contributed by atoms with van der Waals surface area (Å²) in [5, 5.41) is 9.50. The highest BCUT2D eigenvalue weighted by molar-refractivity contribution is 9.11. The van der Waals surface area contributed by atoms with Gasteiger partial charge in [0.15, 0.2) is 5.75 Å². The van der Waals surface area contributed by atoms with E-state index in [0.717, 1.165) is 15.6 Å². The Morgan fingerprint density at radius 3 is 2.08 bits per heavy atom. The second kappa shape index (κ2) is 3.26. The van der Waals surface area contributed by atoms with Crippen LogP contribution in [-0.4, -0.2) is 5.11 Å². The average Bonchev–Trinajstić information content (AvgIpc) is 2.08. The summed E-state index contributed by atoms with van der Waals surface area (Å²) < 4.78 is 1.59. The van der Waals surface area contributed by atoms with Gasteiger partial charge in [0, 0.05) is 4.47 Å². The molecule has 12 heavy (non-hydrogen) atoms. The first kappa shape index (κ1) is 9.86. The molecule has 0 saturated heterocycles. The van der Waals surface area contributed by atoms with Gasteiger partial charge in [-0.25, -0.2) is 0 Å². The predicted molar refractivity (Wildman–Crippen MR) is 57.4 cm³/mol. The van der Waals surface area contributed by atoms with Crippen LogP contribution in [0.1, 0.15) is 11.1 Å². The third kappa shape index (κ3) is 1.33. The number of phenolic OH excluding ortho intramolecular Hbond substituents is 1. The maximum Gasteiger partial charge on any atom is 0.153 e. The van der Waals surface area contributed by atoms with Crippen molar-refractivity contribution >= 4 is 37.5 Å². The molecule has 1 rings (SSSR count). The predicted octanol–water partition coefficient (Wildman–Crippen LogP) is 3.12. The summed E-state index contributed by atoms with van der Waals surface area (Å²) in [5.41, 5.74) is 7.88. The number of hydrogen-bond acceptors (Lipinski definition) is 2. The van der Waals surface area contributed by atoms with Crippen LogP contribution >= 0.6 is 31.9 Å². The van der Waals surface area contributed by atoms with Gasteiger partial charge in [-0.3, -0.25) is 0 Å². The van der Waals surface area contributed by atoms with Crippen molar-refractivity contribution in [2.24, 2.45) is 0 Å². The van der Waals surface area contributed by atoms with Crippen molar-refractivity contribution in [2.45, 2.75) is 13.8 Å². The fourth-order valence-corrected chi connectivity index (χ4v) is 2.06. The van der Waals surface area contributed by atoms with E-state index in [4.69, 9.17) is 5.73 Å². The van der Waals surface area contributed by atoms with Gasteiger partial charge in [-0.15, -0.1) is 0 Å². The lowest BCUT2D eigenvalue weighted by atomic mass is 10.1. The van der Waals surface area contributed by atoms with E-state index < -0.39 is 0 Å². The summed E-state index contributed by atoms with van der Waals surface area (Å²) in [4.78, 5) is 0. The van der Waals surface area contributed by atoms with E-state index in [0.29, 0.717) is 10.2 Å². The minimum absolute atomic E-state index is 0.119. The molecule has 0 fully saturated rings. The molecule has 0 amide bonds. The molecule has 0 aromatic heterocycles.